The fraction of sp³-hybridized carbons (Fsp3) is 0.353. The Morgan fingerprint density at radius 3 is 2.61 bits per heavy atom. The van der Waals surface area contributed by atoms with Crippen molar-refractivity contribution in [3.05, 3.63) is 47.6 Å². The summed E-state index contributed by atoms with van der Waals surface area (Å²) in [5.74, 6) is 0.275. The largest absolute Gasteiger partial charge is 0.486 e. The Labute approximate surface area is 185 Å². The number of ether oxygens (including phenoxy) is 1. The first-order valence-corrected chi connectivity index (χ1v) is 10.7. The minimum Gasteiger partial charge on any atom is -0.486 e. The van der Waals surface area contributed by atoms with E-state index in [0.717, 1.165) is 11.3 Å². The Hall–Kier alpha value is -1.44. The molecule has 0 spiro atoms. The van der Waals surface area contributed by atoms with Gasteiger partial charge in [-0.3, -0.25) is 4.99 Å². The van der Waals surface area contributed by atoms with Crippen LogP contribution in [0.3, 0.4) is 0 Å². The molecule has 1 aromatic carbocycles. The van der Waals surface area contributed by atoms with Gasteiger partial charge in [-0.15, -0.1) is 35.3 Å². The van der Waals surface area contributed by atoms with Crippen molar-refractivity contribution >= 4 is 51.3 Å². The lowest BCUT2D eigenvalue weighted by Crippen LogP contribution is -2.44. The van der Waals surface area contributed by atoms with Crippen molar-refractivity contribution in [1.82, 2.24) is 15.4 Å². The van der Waals surface area contributed by atoms with Gasteiger partial charge in [0.2, 0.25) is 10.0 Å². The highest BCUT2D eigenvalue weighted by molar-refractivity contribution is 14.0. The highest BCUT2D eigenvalue weighted by Crippen LogP contribution is 2.16. The fourth-order valence-electron chi connectivity index (χ4n) is 2.11. The van der Waals surface area contributed by atoms with Gasteiger partial charge in [-0.25, -0.2) is 17.5 Å². The number of benzene rings is 1. The molecule has 0 bridgehead atoms. The van der Waals surface area contributed by atoms with Gasteiger partial charge in [0.05, 0.1) is 6.54 Å². The van der Waals surface area contributed by atoms with E-state index in [1.807, 2.05) is 6.92 Å². The van der Waals surface area contributed by atoms with Gasteiger partial charge in [-0.2, -0.15) is 0 Å². The number of hydrogen-bond acceptors (Lipinski definition) is 5. The van der Waals surface area contributed by atoms with E-state index in [-0.39, 0.29) is 46.6 Å². The monoisotopic (exact) mass is 542 g/mol. The van der Waals surface area contributed by atoms with Crippen molar-refractivity contribution in [2.24, 2.45) is 4.99 Å². The number of para-hydroxylation sites is 1. The molecule has 0 aliphatic carbocycles. The molecule has 0 aliphatic rings. The Morgan fingerprint density at radius 2 is 1.96 bits per heavy atom. The predicted molar refractivity (Wildman–Crippen MR) is 121 cm³/mol. The summed E-state index contributed by atoms with van der Waals surface area (Å²) in [7, 11) is -1.87. The average Bonchev–Trinajstić information content (AvgIpc) is 3.19. The van der Waals surface area contributed by atoms with Crippen LogP contribution in [0, 0.1) is 5.82 Å². The van der Waals surface area contributed by atoms with Crippen LogP contribution in [0.1, 0.15) is 6.92 Å². The Morgan fingerprint density at radius 1 is 1.21 bits per heavy atom. The van der Waals surface area contributed by atoms with Crippen molar-refractivity contribution < 1.29 is 17.5 Å². The van der Waals surface area contributed by atoms with Crippen molar-refractivity contribution in [3.63, 3.8) is 0 Å². The Bertz CT molecular complexity index is 848. The zero-order chi connectivity index (χ0) is 19.7. The third-order valence-corrected chi connectivity index (χ3v) is 6.27. The summed E-state index contributed by atoms with van der Waals surface area (Å²) in [5, 5.41) is 7.77. The van der Waals surface area contributed by atoms with Crippen LogP contribution in [0.5, 0.6) is 5.75 Å². The molecule has 0 radical (unpaired) electrons. The number of nitrogens with zero attached hydrogens (tertiary/aromatic N) is 1. The van der Waals surface area contributed by atoms with Crippen LogP contribution < -0.4 is 20.1 Å². The summed E-state index contributed by atoms with van der Waals surface area (Å²) in [5.41, 5.74) is 0. The third kappa shape index (κ3) is 7.89. The highest BCUT2D eigenvalue weighted by atomic mass is 127. The zero-order valence-corrected chi connectivity index (χ0v) is 19.5. The van der Waals surface area contributed by atoms with Gasteiger partial charge < -0.3 is 15.4 Å². The minimum atomic E-state index is -3.47. The maximum absolute atomic E-state index is 13.6. The molecule has 0 fully saturated rings. The molecule has 0 saturated carbocycles. The molecule has 1 unspecified atom stereocenters. The lowest BCUT2D eigenvalue weighted by molar-refractivity contribution is 0.214. The van der Waals surface area contributed by atoms with E-state index in [9.17, 15) is 12.8 Å². The molecule has 0 aliphatic heterocycles. The minimum absolute atomic E-state index is 0. The molecule has 1 atom stereocenters. The van der Waals surface area contributed by atoms with E-state index in [1.54, 1.807) is 42.8 Å². The summed E-state index contributed by atoms with van der Waals surface area (Å²) in [6, 6.07) is 9.46. The first kappa shape index (κ1) is 24.6. The number of aliphatic imine (C=N–C) groups is 1. The van der Waals surface area contributed by atoms with Crippen LogP contribution >= 0.6 is 35.3 Å². The number of guanidine groups is 1. The van der Waals surface area contributed by atoms with Crippen LogP contribution in [-0.2, 0) is 10.0 Å². The molecule has 3 N–H and O–H groups in total. The van der Waals surface area contributed by atoms with Crippen LogP contribution in [0.4, 0.5) is 4.39 Å². The summed E-state index contributed by atoms with van der Waals surface area (Å²) in [6.07, 6.45) is -0.294. The van der Waals surface area contributed by atoms with E-state index >= 15 is 0 Å². The zero-order valence-electron chi connectivity index (χ0n) is 15.5. The summed E-state index contributed by atoms with van der Waals surface area (Å²) >= 11 is 1.16. The van der Waals surface area contributed by atoms with Crippen LogP contribution in [0.15, 0.2) is 51.0 Å². The second kappa shape index (κ2) is 12.2. The predicted octanol–water partition coefficient (Wildman–Crippen LogP) is 2.42. The van der Waals surface area contributed by atoms with Crippen molar-refractivity contribution in [2.75, 3.05) is 26.7 Å². The average molecular weight is 542 g/mol. The van der Waals surface area contributed by atoms with Gasteiger partial charge in [-0.05, 0) is 30.5 Å². The van der Waals surface area contributed by atoms with Crippen LogP contribution in [0.25, 0.3) is 0 Å². The molecule has 11 heteroatoms. The van der Waals surface area contributed by atoms with Gasteiger partial charge in [0, 0.05) is 20.1 Å². The van der Waals surface area contributed by atoms with E-state index in [4.69, 9.17) is 4.74 Å². The van der Waals surface area contributed by atoms with E-state index < -0.39 is 15.8 Å². The summed E-state index contributed by atoms with van der Waals surface area (Å²) in [4.78, 5) is 4.06. The highest BCUT2D eigenvalue weighted by Gasteiger charge is 2.14. The topological polar surface area (TPSA) is 91.8 Å². The molecule has 156 valence electrons. The maximum Gasteiger partial charge on any atom is 0.250 e. The smallest absolute Gasteiger partial charge is 0.250 e. The second-order valence-corrected chi connectivity index (χ2v) is 8.51. The molecule has 0 amide bonds. The van der Waals surface area contributed by atoms with E-state index in [1.165, 1.54) is 6.07 Å². The van der Waals surface area contributed by atoms with Gasteiger partial charge in [0.1, 0.15) is 10.3 Å². The van der Waals surface area contributed by atoms with Gasteiger partial charge >= 0.3 is 0 Å². The molecule has 28 heavy (non-hydrogen) atoms. The number of nitrogens with one attached hydrogen (secondary N) is 3. The van der Waals surface area contributed by atoms with Crippen molar-refractivity contribution in [1.29, 1.82) is 0 Å². The molecule has 2 aromatic rings. The van der Waals surface area contributed by atoms with Gasteiger partial charge in [0.25, 0.3) is 0 Å². The maximum atomic E-state index is 13.6. The van der Waals surface area contributed by atoms with Crippen LogP contribution in [0.2, 0.25) is 0 Å². The first-order chi connectivity index (χ1) is 12.9. The standard InChI is InChI=1S/C17H23FN4O3S2.HI/c1-13(25-15-7-4-3-6-14(15)18)12-21-17(19-2)20-9-10-22-27(23,24)16-8-5-11-26-16;/h3-8,11,13,22H,9-10,12H2,1-2H3,(H2,19,20,21);1H. The van der Waals surface area contributed by atoms with E-state index in [0.29, 0.717) is 19.0 Å². The van der Waals surface area contributed by atoms with Gasteiger partial charge in [-0.1, -0.05) is 18.2 Å². The number of hydrogen-bond donors (Lipinski definition) is 3. The van der Waals surface area contributed by atoms with E-state index in [2.05, 4.69) is 20.3 Å². The molecule has 7 nitrogen and oxygen atoms in total. The molecule has 0 saturated heterocycles. The lowest BCUT2D eigenvalue weighted by atomic mass is 10.3. The molecular weight excluding hydrogens is 518 g/mol. The number of halogens is 2. The number of sulfonamides is 1. The fourth-order valence-corrected chi connectivity index (χ4v) is 4.18. The third-order valence-electron chi connectivity index (χ3n) is 3.41. The quantitative estimate of drug-likeness (QED) is 0.196. The lowest BCUT2D eigenvalue weighted by Gasteiger charge is -2.18. The normalized spacial score (nSPS) is 12.8. The first-order valence-electron chi connectivity index (χ1n) is 8.31. The molecule has 1 heterocycles. The Balaban J connectivity index is 0.00000392. The SMILES string of the molecule is CN=C(NCCNS(=O)(=O)c1cccs1)NCC(C)Oc1ccccc1F.I. The molecular formula is C17H24FIN4O3S2. The van der Waals surface area contributed by atoms with Gasteiger partial charge in [0.15, 0.2) is 17.5 Å². The number of thiophene rings is 1. The molecule has 1 aromatic heterocycles. The summed E-state index contributed by atoms with van der Waals surface area (Å²) < 4.78 is 45.9. The number of rotatable bonds is 9. The van der Waals surface area contributed by atoms with Crippen molar-refractivity contribution in [3.8, 4) is 5.75 Å². The second-order valence-electron chi connectivity index (χ2n) is 5.57. The summed E-state index contributed by atoms with van der Waals surface area (Å²) in [6.45, 7) is 2.77. The van der Waals surface area contributed by atoms with Crippen molar-refractivity contribution in [2.45, 2.75) is 17.2 Å². The van der Waals surface area contributed by atoms with Crippen LogP contribution in [-0.4, -0.2) is 47.2 Å². The Kier molecular flexibility index (Phi) is 10.7. The molecule has 2 rings (SSSR count).